The van der Waals surface area contributed by atoms with Crippen molar-refractivity contribution in [3.8, 4) is 11.1 Å². The first-order valence-corrected chi connectivity index (χ1v) is 17.3. The molecule has 1 heteroatoms. The van der Waals surface area contributed by atoms with Crippen LogP contribution in [-0.2, 0) is 11.8 Å². The summed E-state index contributed by atoms with van der Waals surface area (Å²) >= 11 is 1.91. The Morgan fingerprint density at radius 2 is 1.30 bits per heavy atom. The van der Waals surface area contributed by atoms with Crippen LogP contribution in [0.1, 0.15) is 45.9 Å². The summed E-state index contributed by atoms with van der Waals surface area (Å²) < 4.78 is 2.70. The Bertz CT molecular complexity index is 2500. The molecule has 1 atom stereocenters. The molecule has 0 aliphatic heterocycles. The predicted octanol–water partition coefficient (Wildman–Crippen LogP) is 12.6. The molecule has 0 saturated heterocycles. The predicted molar refractivity (Wildman–Crippen MR) is 203 cm³/mol. The first kappa shape index (κ1) is 28.0. The van der Waals surface area contributed by atoms with E-state index in [1.165, 1.54) is 86.6 Å². The summed E-state index contributed by atoms with van der Waals surface area (Å²) in [6, 6.07) is 56.2. The highest BCUT2D eigenvalue weighted by atomic mass is 32.1. The zero-order chi connectivity index (χ0) is 31.5. The fraction of sp³-hybridized carbons (Fsp3) is 0.0870. The van der Waals surface area contributed by atoms with Gasteiger partial charge in [-0.1, -0.05) is 146 Å². The zero-order valence-corrected chi connectivity index (χ0v) is 27.4. The van der Waals surface area contributed by atoms with Gasteiger partial charge in [0.05, 0.1) is 0 Å². The Morgan fingerprint density at radius 3 is 2.11 bits per heavy atom. The van der Waals surface area contributed by atoms with Crippen LogP contribution in [-0.4, -0.2) is 0 Å². The van der Waals surface area contributed by atoms with Crippen LogP contribution in [0.3, 0.4) is 0 Å². The number of benzene rings is 7. The minimum Gasteiger partial charge on any atom is -0.135 e. The molecule has 0 nitrogen and oxygen atoms in total. The van der Waals surface area contributed by atoms with Crippen LogP contribution in [0, 0.1) is 6.92 Å². The summed E-state index contributed by atoms with van der Waals surface area (Å²) in [5, 5.41) is 5.35. The highest BCUT2D eigenvalue weighted by Crippen LogP contribution is 2.55. The van der Waals surface area contributed by atoms with E-state index >= 15 is 0 Å². The molecule has 0 fully saturated rings. The Kier molecular flexibility index (Phi) is 6.52. The van der Waals surface area contributed by atoms with Gasteiger partial charge >= 0.3 is 0 Å². The van der Waals surface area contributed by atoms with Crippen LogP contribution >= 0.6 is 11.3 Å². The number of fused-ring (bicyclic) bond motifs is 8. The molecule has 0 saturated carbocycles. The van der Waals surface area contributed by atoms with Gasteiger partial charge in [-0.2, -0.15) is 0 Å². The maximum absolute atomic E-state index is 2.47. The topological polar surface area (TPSA) is 0 Å². The third-order valence-electron chi connectivity index (χ3n) is 10.3. The molecule has 0 N–H and O–H groups in total. The van der Waals surface area contributed by atoms with Gasteiger partial charge in [-0.3, -0.25) is 0 Å². The second-order valence-corrected chi connectivity index (χ2v) is 14.1. The molecule has 9 rings (SSSR count). The number of hydrogen-bond acceptors (Lipinski definition) is 1. The average Bonchev–Trinajstić information content (AvgIpc) is 3.62. The molecule has 8 aromatic rings. The number of rotatable bonds is 5. The van der Waals surface area contributed by atoms with Crippen molar-refractivity contribution in [1.82, 2.24) is 0 Å². The molecule has 7 aromatic carbocycles. The first-order valence-electron chi connectivity index (χ1n) is 16.5. The molecule has 224 valence electrons. The van der Waals surface area contributed by atoms with Gasteiger partial charge < -0.3 is 0 Å². The van der Waals surface area contributed by atoms with Crippen LogP contribution in [0.2, 0.25) is 0 Å². The number of allylic oxidation sites excluding steroid dienone is 1. The van der Waals surface area contributed by atoms with E-state index in [0.717, 1.165) is 6.42 Å². The van der Waals surface area contributed by atoms with Gasteiger partial charge in [-0.15, -0.1) is 11.3 Å². The van der Waals surface area contributed by atoms with E-state index in [4.69, 9.17) is 0 Å². The summed E-state index contributed by atoms with van der Waals surface area (Å²) in [5.74, 6) is 0. The molecule has 47 heavy (non-hydrogen) atoms. The molecule has 0 spiro atoms. The van der Waals surface area contributed by atoms with E-state index in [9.17, 15) is 0 Å². The van der Waals surface area contributed by atoms with Crippen molar-refractivity contribution in [3.05, 3.63) is 191 Å². The number of aryl methyl sites for hydroxylation is 1. The summed E-state index contributed by atoms with van der Waals surface area (Å²) in [5.41, 5.74) is 13.1. The Morgan fingerprint density at radius 1 is 0.617 bits per heavy atom. The summed E-state index contributed by atoms with van der Waals surface area (Å²) in [7, 11) is 0. The standard InChI is InChI=1S/C46H34S/c1-30-26-42-44(38-20-10-9-18-35(30)38)40-25-24-32(29-41(40)46(42,2)34-16-7-4-8-17-34)28-33(27-31-14-5-3-6-15-31)36-21-13-22-39-37-19-11-12-23-43(37)47-45(36)39/h3-26,28-29H,27H2,1-2H3/b33-28-. The van der Waals surface area contributed by atoms with Crippen molar-refractivity contribution in [1.29, 1.82) is 0 Å². The number of hydrogen-bond donors (Lipinski definition) is 0. The third-order valence-corrected chi connectivity index (χ3v) is 11.5. The van der Waals surface area contributed by atoms with Crippen molar-refractivity contribution in [3.63, 3.8) is 0 Å². The van der Waals surface area contributed by atoms with Crippen molar-refractivity contribution in [2.45, 2.75) is 25.7 Å². The molecule has 0 amide bonds. The van der Waals surface area contributed by atoms with Gasteiger partial charge in [0.25, 0.3) is 0 Å². The van der Waals surface area contributed by atoms with Gasteiger partial charge in [0.2, 0.25) is 0 Å². The Balaban J connectivity index is 1.28. The van der Waals surface area contributed by atoms with E-state index in [2.05, 4.69) is 172 Å². The quantitative estimate of drug-likeness (QED) is 0.168. The first-order chi connectivity index (χ1) is 23.1. The summed E-state index contributed by atoms with van der Waals surface area (Å²) in [6.45, 7) is 4.69. The lowest BCUT2D eigenvalue weighted by atomic mass is 9.73. The van der Waals surface area contributed by atoms with Crippen LogP contribution < -0.4 is 0 Å². The number of thiophene rings is 1. The Hall–Kier alpha value is -5.24. The Labute approximate surface area is 280 Å². The van der Waals surface area contributed by atoms with E-state index in [-0.39, 0.29) is 5.41 Å². The second-order valence-electron chi connectivity index (χ2n) is 13.1. The van der Waals surface area contributed by atoms with Gasteiger partial charge in [-0.25, -0.2) is 0 Å². The molecular formula is C46H34S. The lowest BCUT2D eigenvalue weighted by Crippen LogP contribution is -2.22. The fourth-order valence-electron chi connectivity index (χ4n) is 7.99. The van der Waals surface area contributed by atoms with E-state index in [1.807, 2.05) is 11.3 Å². The van der Waals surface area contributed by atoms with Gasteiger partial charge in [0.15, 0.2) is 0 Å². The smallest absolute Gasteiger partial charge is 0.0436 e. The van der Waals surface area contributed by atoms with E-state index in [1.54, 1.807) is 0 Å². The second kappa shape index (κ2) is 10.9. The SMILES string of the molecule is Cc1cc2c(c3ccccc13)-c1ccc(/C=C(/Cc3ccccc3)c3cccc4c3sc3ccccc34)cc1C2(C)c1ccccc1. The average molecular weight is 619 g/mol. The molecule has 1 heterocycles. The maximum Gasteiger partial charge on any atom is 0.0436 e. The highest BCUT2D eigenvalue weighted by Gasteiger charge is 2.42. The lowest BCUT2D eigenvalue weighted by molar-refractivity contribution is 0.713. The molecule has 1 aliphatic rings. The molecule has 1 aliphatic carbocycles. The van der Waals surface area contributed by atoms with Crippen LogP contribution in [0.4, 0.5) is 0 Å². The zero-order valence-electron chi connectivity index (χ0n) is 26.6. The lowest BCUT2D eigenvalue weighted by Gasteiger charge is -2.29. The molecular weight excluding hydrogens is 585 g/mol. The van der Waals surface area contributed by atoms with Crippen LogP contribution in [0.15, 0.2) is 152 Å². The van der Waals surface area contributed by atoms with E-state index in [0.29, 0.717) is 0 Å². The monoisotopic (exact) mass is 618 g/mol. The van der Waals surface area contributed by atoms with Crippen molar-refractivity contribution < 1.29 is 0 Å². The van der Waals surface area contributed by atoms with Crippen LogP contribution in [0.25, 0.3) is 53.7 Å². The molecule has 0 radical (unpaired) electrons. The normalized spacial score (nSPS) is 15.7. The van der Waals surface area contributed by atoms with E-state index < -0.39 is 0 Å². The summed E-state index contributed by atoms with van der Waals surface area (Å²) in [4.78, 5) is 0. The third kappa shape index (κ3) is 4.42. The van der Waals surface area contributed by atoms with Gasteiger partial charge in [0.1, 0.15) is 0 Å². The minimum atomic E-state index is -0.268. The van der Waals surface area contributed by atoms with Crippen LogP contribution in [0.5, 0.6) is 0 Å². The van der Waals surface area contributed by atoms with Crippen molar-refractivity contribution in [2.75, 3.05) is 0 Å². The highest BCUT2D eigenvalue weighted by molar-refractivity contribution is 7.26. The largest absolute Gasteiger partial charge is 0.135 e. The van der Waals surface area contributed by atoms with Gasteiger partial charge in [-0.05, 0) is 98.8 Å². The van der Waals surface area contributed by atoms with Crippen molar-refractivity contribution >= 4 is 53.9 Å². The summed E-state index contributed by atoms with van der Waals surface area (Å²) in [6.07, 6.45) is 3.31. The van der Waals surface area contributed by atoms with Crippen molar-refractivity contribution in [2.24, 2.45) is 0 Å². The molecule has 1 aromatic heterocycles. The molecule has 0 bridgehead atoms. The fourth-order valence-corrected chi connectivity index (χ4v) is 9.24. The molecule has 1 unspecified atom stereocenters. The van der Waals surface area contributed by atoms with Gasteiger partial charge in [0, 0.05) is 25.6 Å². The maximum atomic E-state index is 2.47. The minimum absolute atomic E-state index is 0.268.